The van der Waals surface area contributed by atoms with Gasteiger partial charge in [-0.15, -0.1) is 11.3 Å². The van der Waals surface area contributed by atoms with E-state index in [2.05, 4.69) is 51.4 Å². The van der Waals surface area contributed by atoms with Crippen molar-refractivity contribution in [2.45, 2.75) is 45.2 Å². The van der Waals surface area contributed by atoms with Gasteiger partial charge in [-0.25, -0.2) is 0 Å². The Morgan fingerprint density at radius 3 is 2.44 bits per heavy atom. The molecule has 4 aromatic rings. The number of aromatic nitrogens is 2. The van der Waals surface area contributed by atoms with Crippen LogP contribution in [0, 0.1) is 11.3 Å². The highest BCUT2D eigenvalue weighted by Crippen LogP contribution is 2.58. The van der Waals surface area contributed by atoms with E-state index in [9.17, 15) is 9.59 Å². The first kappa shape index (κ1) is 21.3. The summed E-state index contributed by atoms with van der Waals surface area (Å²) in [6.07, 6.45) is 9.69. The summed E-state index contributed by atoms with van der Waals surface area (Å²) in [5.74, 6) is 0.572. The molecule has 0 aliphatic heterocycles. The van der Waals surface area contributed by atoms with E-state index in [4.69, 9.17) is 0 Å². The van der Waals surface area contributed by atoms with Gasteiger partial charge in [0, 0.05) is 42.5 Å². The first-order chi connectivity index (χ1) is 16.5. The van der Waals surface area contributed by atoms with E-state index < -0.39 is 0 Å². The fourth-order valence-electron chi connectivity index (χ4n) is 5.81. The summed E-state index contributed by atoms with van der Waals surface area (Å²) in [5, 5.41) is 5.23. The Bertz CT molecular complexity index is 1360. The molecule has 0 bridgehead atoms. The van der Waals surface area contributed by atoms with Crippen molar-refractivity contribution in [1.29, 1.82) is 0 Å². The molecule has 1 N–H and O–H groups in total. The topological polar surface area (TPSA) is 64.0 Å². The Hall–Kier alpha value is -3.25. The molecule has 1 aromatic carbocycles. The van der Waals surface area contributed by atoms with Crippen LogP contribution in [0.4, 0.5) is 0 Å². The third-order valence-electron chi connectivity index (χ3n) is 7.68. The highest BCUT2D eigenvalue weighted by molar-refractivity contribution is 7.17. The zero-order valence-electron chi connectivity index (χ0n) is 19.2. The zero-order chi connectivity index (χ0) is 23.3. The van der Waals surface area contributed by atoms with Crippen LogP contribution < -0.4 is 5.32 Å². The lowest BCUT2D eigenvalue weighted by atomic mass is 9.49. The molecule has 0 radical (unpaired) electrons. The van der Waals surface area contributed by atoms with Gasteiger partial charge >= 0.3 is 0 Å². The normalized spacial score (nSPS) is 23.4. The summed E-state index contributed by atoms with van der Waals surface area (Å²) < 4.78 is 3.31. The van der Waals surface area contributed by atoms with Crippen molar-refractivity contribution in [3.63, 3.8) is 0 Å². The minimum Gasteiger partial charge on any atom is -0.349 e. The SMILES string of the molecule is CC(=O)C1CC2(CC(NC(=O)c3csc4ccn(Cc5ccc(-c6ccncc6)cc5)c34)C2)C1. The number of nitrogens with zero attached hydrogens (tertiary/aromatic N) is 2. The molecule has 1 amide bonds. The van der Waals surface area contributed by atoms with Crippen LogP contribution in [-0.2, 0) is 11.3 Å². The van der Waals surface area contributed by atoms with Crippen molar-refractivity contribution in [2.75, 3.05) is 0 Å². The largest absolute Gasteiger partial charge is 0.349 e. The van der Waals surface area contributed by atoms with Crippen LogP contribution in [0.25, 0.3) is 21.3 Å². The summed E-state index contributed by atoms with van der Waals surface area (Å²) in [6.45, 7) is 2.41. The zero-order valence-corrected chi connectivity index (χ0v) is 20.0. The van der Waals surface area contributed by atoms with Crippen molar-refractivity contribution in [3.8, 4) is 11.1 Å². The molecule has 6 rings (SSSR count). The number of fused-ring (bicyclic) bond motifs is 1. The first-order valence-electron chi connectivity index (χ1n) is 11.9. The molecule has 0 atom stereocenters. The summed E-state index contributed by atoms with van der Waals surface area (Å²) in [6, 6.07) is 14.9. The Kier molecular flexibility index (Phi) is 5.14. The number of thiophene rings is 1. The van der Waals surface area contributed by atoms with Crippen LogP contribution in [0.3, 0.4) is 0 Å². The molecule has 2 aliphatic carbocycles. The number of ketones is 1. The van der Waals surface area contributed by atoms with Crippen molar-refractivity contribution < 1.29 is 9.59 Å². The molecular formula is C28H27N3O2S. The lowest BCUT2D eigenvalue weighted by Gasteiger charge is -2.57. The number of Topliss-reactive ketones (excluding diaryl/α,β-unsaturated/α-hetero) is 1. The predicted molar refractivity (Wildman–Crippen MR) is 135 cm³/mol. The molecule has 2 saturated carbocycles. The lowest BCUT2D eigenvalue weighted by Crippen LogP contribution is -2.57. The summed E-state index contributed by atoms with van der Waals surface area (Å²) >= 11 is 1.62. The summed E-state index contributed by atoms with van der Waals surface area (Å²) in [4.78, 5) is 28.8. The molecule has 0 saturated heterocycles. The Balaban J connectivity index is 1.14. The molecular weight excluding hydrogens is 442 g/mol. The highest BCUT2D eigenvalue weighted by Gasteiger charge is 2.54. The fraction of sp³-hybridized carbons (Fsp3) is 0.321. The van der Waals surface area contributed by atoms with E-state index in [0.29, 0.717) is 11.2 Å². The van der Waals surface area contributed by atoms with Gasteiger partial charge < -0.3 is 9.88 Å². The van der Waals surface area contributed by atoms with E-state index in [1.807, 2.05) is 17.5 Å². The number of nitrogens with one attached hydrogen (secondary N) is 1. The second kappa shape index (κ2) is 8.20. The Labute approximate surface area is 202 Å². The maximum absolute atomic E-state index is 13.1. The molecule has 2 fully saturated rings. The molecule has 5 nitrogen and oxygen atoms in total. The van der Waals surface area contributed by atoms with Crippen LogP contribution in [0.15, 0.2) is 66.4 Å². The standard InChI is InChI=1S/C28H27N3O2S/c1-18(32)22-12-28(13-22)14-23(15-28)30-27(33)24-17-34-25-8-11-31(26(24)25)16-19-2-4-20(5-3-19)21-6-9-29-10-7-21/h2-11,17,22-23H,12-16H2,1H3,(H,30,33). The molecule has 6 heteroatoms. The van der Waals surface area contributed by atoms with Crippen LogP contribution in [0.2, 0.25) is 0 Å². The number of hydrogen-bond acceptors (Lipinski definition) is 4. The van der Waals surface area contributed by atoms with E-state index >= 15 is 0 Å². The van der Waals surface area contributed by atoms with Gasteiger partial charge in [0.2, 0.25) is 0 Å². The highest BCUT2D eigenvalue weighted by atomic mass is 32.1. The predicted octanol–water partition coefficient (Wildman–Crippen LogP) is 5.69. The lowest BCUT2D eigenvalue weighted by molar-refractivity contribution is -0.134. The molecule has 34 heavy (non-hydrogen) atoms. The van der Waals surface area contributed by atoms with Gasteiger partial charge in [0.15, 0.2) is 0 Å². The van der Waals surface area contributed by atoms with Gasteiger partial charge in [-0.05, 0) is 72.9 Å². The van der Waals surface area contributed by atoms with Crippen molar-refractivity contribution in [1.82, 2.24) is 14.9 Å². The third kappa shape index (κ3) is 3.76. The first-order valence-corrected chi connectivity index (χ1v) is 12.7. The number of carbonyl (C=O) groups excluding carboxylic acids is 2. The molecule has 172 valence electrons. The molecule has 0 unspecified atom stereocenters. The van der Waals surface area contributed by atoms with Gasteiger partial charge in [0.25, 0.3) is 5.91 Å². The average molecular weight is 470 g/mol. The minimum absolute atomic E-state index is 0.0153. The summed E-state index contributed by atoms with van der Waals surface area (Å²) in [5.41, 5.74) is 5.58. The maximum Gasteiger partial charge on any atom is 0.254 e. The number of carbonyl (C=O) groups is 2. The average Bonchev–Trinajstić information content (AvgIpc) is 3.38. The second-order valence-corrected chi connectivity index (χ2v) is 10.9. The quantitative estimate of drug-likeness (QED) is 0.394. The van der Waals surface area contributed by atoms with Gasteiger partial charge in [-0.1, -0.05) is 24.3 Å². The molecule has 3 heterocycles. The molecule has 1 spiro atoms. The number of amides is 1. The second-order valence-electron chi connectivity index (χ2n) is 10.0. The monoisotopic (exact) mass is 469 g/mol. The van der Waals surface area contributed by atoms with Gasteiger partial charge in [-0.3, -0.25) is 14.6 Å². The van der Waals surface area contributed by atoms with Gasteiger partial charge in [0.1, 0.15) is 5.78 Å². The molecule has 2 aliphatic rings. The van der Waals surface area contributed by atoms with Crippen LogP contribution in [0.5, 0.6) is 0 Å². The number of pyridine rings is 1. The van der Waals surface area contributed by atoms with E-state index in [1.165, 1.54) is 11.1 Å². The Morgan fingerprint density at radius 2 is 1.74 bits per heavy atom. The summed E-state index contributed by atoms with van der Waals surface area (Å²) in [7, 11) is 0. The maximum atomic E-state index is 13.1. The number of benzene rings is 1. The number of hydrogen-bond donors (Lipinski definition) is 1. The van der Waals surface area contributed by atoms with Crippen LogP contribution in [-0.4, -0.2) is 27.3 Å². The fourth-order valence-corrected chi connectivity index (χ4v) is 6.75. The Morgan fingerprint density at radius 1 is 1.03 bits per heavy atom. The van der Waals surface area contributed by atoms with Crippen LogP contribution in [0.1, 0.15) is 48.5 Å². The van der Waals surface area contributed by atoms with Crippen molar-refractivity contribution in [3.05, 3.63) is 77.6 Å². The van der Waals surface area contributed by atoms with Crippen LogP contribution >= 0.6 is 11.3 Å². The smallest absolute Gasteiger partial charge is 0.254 e. The minimum atomic E-state index is 0.0153. The van der Waals surface area contributed by atoms with Gasteiger partial charge in [-0.2, -0.15) is 0 Å². The van der Waals surface area contributed by atoms with Crippen molar-refractivity contribution in [2.24, 2.45) is 11.3 Å². The van der Waals surface area contributed by atoms with E-state index in [1.54, 1.807) is 30.7 Å². The third-order valence-corrected chi connectivity index (χ3v) is 8.62. The van der Waals surface area contributed by atoms with Crippen molar-refractivity contribution >= 4 is 33.2 Å². The van der Waals surface area contributed by atoms with E-state index in [-0.39, 0.29) is 17.9 Å². The van der Waals surface area contributed by atoms with E-state index in [0.717, 1.165) is 53.6 Å². The van der Waals surface area contributed by atoms with Gasteiger partial charge in [0.05, 0.1) is 15.8 Å². The number of rotatable bonds is 6. The molecule has 3 aromatic heterocycles.